The van der Waals surface area contributed by atoms with E-state index >= 15 is 0 Å². The molecule has 1 amide bonds. The van der Waals surface area contributed by atoms with E-state index in [1.54, 1.807) is 11.4 Å². The fourth-order valence-corrected chi connectivity index (χ4v) is 8.09. The Morgan fingerprint density at radius 3 is 2.66 bits per heavy atom. The summed E-state index contributed by atoms with van der Waals surface area (Å²) in [5.74, 6) is 1.35. The predicted octanol–water partition coefficient (Wildman–Crippen LogP) is 4.44. The van der Waals surface area contributed by atoms with Crippen LogP contribution in [0.4, 0.5) is 5.69 Å². The van der Waals surface area contributed by atoms with E-state index in [4.69, 9.17) is 4.52 Å². The van der Waals surface area contributed by atoms with Crippen LogP contribution in [0.1, 0.15) is 56.4 Å². The van der Waals surface area contributed by atoms with Crippen molar-refractivity contribution in [2.24, 2.45) is 5.92 Å². The summed E-state index contributed by atoms with van der Waals surface area (Å²) in [7, 11) is -3.64. The molecule has 0 unspecified atom stereocenters. The molecule has 1 saturated carbocycles. The second kappa shape index (κ2) is 8.83. The molecule has 1 atom stereocenters. The summed E-state index contributed by atoms with van der Waals surface area (Å²) in [6.07, 6.45) is 5.21. The summed E-state index contributed by atoms with van der Waals surface area (Å²) < 4.78 is 33.8. The molecule has 2 aromatic heterocycles. The number of amides is 1. The molecule has 2 fully saturated rings. The van der Waals surface area contributed by atoms with Crippen molar-refractivity contribution in [3.05, 3.63) is 47.2 Å². The minimum absolute atomic E-state index is 0.109. The topological polar surface area (TPSA) is 96.6 Å². The number of benzene rings is 1. The molecule has 10 heteroatoms. The van der Waals surface area contributed by atoms with Gasteiger partial charge < -0.3 is 9.42 Å². The van der Waals surface area contributed by atoms with Crippen molar-refractivity contribution < 1.29 is 17.7 Å². The lowest BCUT2D eigenvalue weighted by Crippen LogP contribution is -2.46. The van der Waals surface area contributed by atoms with Crippen LogP contribution in [0, 0.1) is 5.92 Å². The number of carbonyl (C=O) groups is 1. The van der Waals surface area contributed by atoms with E-state index in [9.17, 15) is 13.2 Å². The standard InChI is InChI=1S/C25H28N4O4S2/c1-16-13-19-5-2-3-8-21(19)29(16)25(30)18-9-11-28(12-10-18)35(31,32)22-14-20(15-34-22)23-26-24(33-27-23)17-6-4-7-17/h2-3,5,8,14-18H,4,6-7,9-13H2,1H3/t16-/m1/s1. The zero-order valence-corrected chi connectivity index (χ0v) is 21.2. The molecule has 0 radical (unpaired) electrons. The molecule has 1 aliphatic carbocycles. The Morgan fingerprint density at radius 2 is 1.91 bits per heavy atom. The zero-order valence-electron chi connectivity index (χ0n) is 19.6. The number of carbonyl (C=O) groups excluding carboxylic acids is 1. The molecular formula is C25H28N4O4S2. The van der Waals surface area contributed by atoms with Crippen LogP contribution in [-0.4, -0.2) is 47.9 Å². The third-order valence-electron chi connectivity index (χ3n) is 7.57. The lowest BCUT2D eigenvalue weighted by atomic mass is 9.85. The minimum Gasteiger partial charge on any atom is -0.339 e. The predicted molar refractivity (Wildman–Crippen MR) is 133 cm³/mol. The summed E-state index contributed by atoms with van der Waals surface area (Å²) in [4.78, 5) is 19.8. The fraction of sp³-hybridized carbons (Fsp3) is 0.480. The first-order valence-electron chi connectivity index (χ1n) is 12.3. The second-order valence-corrected chi connectivity index (χ2v) is 12.9. The molecule has 2 aliphatic heterocycles. The Balaban J connectivity index is 1.12. The van der Waals surface area contributed by atoms with Gasteiger partial charge in [0.2, 0.25) is 17.6 Å². The molecule has 0 N–H and O–H groups in total. The van der Waals surface area contributed by atoms with Crippen molar-refractivity contribution in [3.63, 3.8) is 0 Å². The quantitative estimate of drug-likeness (QED) is 0.501. The van der Waals surface area contributed by atoms with Crippen LogP contribution >= 0.6 is 11.3 Å². The number of sulfonamides is 1. The van der Waals surface area contributed by atoms with E-state index in [-0.39, 0.29) is 22.1 Å². The molecule has 3 aliphatic rings. The van der Waals surface area contributed by atoms with Crippen molar-refractivity contribution in [2.75, 3.05) is 18.0 Å². The number of thiophene rings is 1. The zero-order chi connectivity index (χ0) is 24.2. The van der Waals surface area contributed by atoms with Gasteiger partial charge in [-0.2, -0.15) is 9.29 Å². The van der Waals surface area contributed by atoms with E-state index < -0.39 is 10.0 Å². The average Bonchev–Trinajstić information content (AvgIpc) is 3.56. The van der Waals surface area contributed by atoms with Gasteiger partial charge in [0.1, 0.15) is 4.21 Å². The first kappa shape index (κ1) is 22.9. The van der Waals surface area contributed by atoms with E-state index in [2.05, 4.69) is 23.1 Å². The van der Waals surface area contributed by atoms with Gasteiger partial charge >= 0.3 is 0 Å². The van der Waals surface area contributed by atoms with E-state index in [0.29, 0.717) is 49.1 Å². The van der Waals surface area contributed by atoms with Gasteiger partial charge in [-0.3, -0.25) is 4.79 Å². The van der Waals surface area contributed by atoms with Gasteiger partial charge in [-0.1, -0.05) is 29.8 Å². The molecule has 3 aromatic rings. The monoisotopic (exact) mass is 512 g/mol. The van der Waals surface area contributed by atoms with Crippen molar-refractivity contribution in [1.82, 2.24) is 14.4 Å². The van der Waals surface area contributed by atoms with Gasteiger partial charge in [0.25, 0.3) is 10.0 Å². The third-order valence-corrected chi connectivity index (χ3v) is 10.9. The molecule has 35 heavy (non-hydrogen) atoms. The Hall–Kier alpha value is -2.56. The Labute approximate surface area is 209 Å². The summed E-state index contributed by atoms with van der Waals surface area (Å²) in [5.41, 5.74) is 2.85. The Kier molecular flexibility index (Phi) is 5.77. The molecule has 1 saturated heterocycles. The summed E-state index contributed by atoms with van der Waals surface area (Å²) in [6.45, 7) is 2.75. The fourth-order valence-electron chi connectivity index (χ4n) is 5.31. The summed E-state index contributed by atoms with van der Waals surface area (Å²) in [5, 5.41) is 5.83. The highest BCUT2D eigenvalue weighted by molar-refractivity contribution is 7.91. The molecule has 1 aromatic carbocycles. The number of fused-ring (bicyclic) bond motifs is 1. The SMILES string of the molecule is C[C@@H]1Cc2ccccc2N1C(=O)C1CCN(S(=O)(=O)c2cc(-c3noc(C4CCC4)n3)cs2)CC1. The summed E-state index contributed by atoms with van der Waals surface area (Å²) >= 11 is 1.18. The number of aromatic nitrogens is 2. The number of nitrogens with zero attached hydrogens (tertiary/aromatic N) is 4. The van der Waals surface area contributed by atoms with Gasteiger partial charge in [0, 0.05) is 47.6 Å². The average molecular weight is 513 g/mol. The maximum Gasteiger partial charge on any atom is 0.252 e. The Bertz CT molecular complexity index is 1350. The minimum atomic E-state index is -3.64. The smallest absolute Gasteiger partial charge is 0.252 e. The van der Waals surface area contributed by atoms with E-state index in [1.807, 2.05) is 23.1 Å². The van der Waals surface area contributed by atoms with Crippen LogP contribution in [0.3, 0.4) is 0 Å². The van der Waals surface area contributed by atoms with Crippen LogP contribution < -0.4 is 4.90 Å². The number of piperidine rings is 1. The lowest BCUT2D eigenvalue weighted by Gasteiger charge is -2.33. The molecular weight excluding hydrogens is 484 g/mol. The van der Waals surface area contributed by atoms with Crippen LogP contribution in [0.5, 0.6) is 0 Å². The van der Waals surface area contributed by atoms with Gasteiger partial charge in [0.05, 0.1) is 0 Å². The third kappa shape index (κ3) is 4.01. The number of anilines is 1. The molecule has 184 valence electrons. The molecule has 6 rings (SSSR count). The molecule has 0 spiro atoms. The molecule has 4 heterocycles. The maximum absolute atomic E-state index is 13.4. The number of para-hydroxylation sites is 1. The van der Waals surface area contributed by atoms with Crippen molar-refractivity contribution >= 4 is 33.0 Å². The van der Waals surface area contributed by atoms with Gasteiger partial charge in [-0.05, 0) is 56.7 Å². The van der Waals surface area contributed by atoms with Crippen molar-refractivity contribution in [2.45, 2.75) is 61.6 Å². The highest BCUT2D eigenvalue weighted by Gasteiger charge is 2.38. The summed E-state index contributed by atoms with van der Waals surface area (Å²) in [6, 6.07) is 9.81. The first-order valence-corrected chi connectivity index (χ1v) is 14.6. The molecule has 0 bridgehead atoms. The number of hydrogen-bond acceptors (Lipinski definition) is 7. The molecule has 8 nitrogen and oxygen atoms in total. The highest BCUT2D eigenvalue weighted by Crippen LogP contribution is 2.38. The normalized spacial score (nSPS) is 21.7. The highest BCUT2D eigenvalue weighted by atomic mass is 32.2. The van der Waals surface area contributed by atoms with Gasteiger partial charge in [-0.15, -0.1) is 11.3 Å². The van der Waals surface area contributed by atoms with Crippen molar-refractivity contribution in [1.29, 1.82) is 0 Å². The number of rotatable bonds is 5. The maximum atomic E-state index is 13.4. The second-order valence-electron chi connectivity index (χ2n) is 9.81. The largest absolute Gasteiger partial charge is 0.339 e. The Morgan fingerprint density at radius 1 is 1.14 bits per heavy atom. The van der Waals surface area contributed by atoms with Gasteiger partial charge in [-0.25, -0.2) is 8.42 Å². The van der Waals surface area contributed by atoms with Crippen LogP contribution in [0.15, 0.2) is 44.4 Å². The van der Waals surface area contributed by atoms with Gasteiger partial charge in [0.15, 0.2) is 0 Å². The number of hydrogen-bond donors (Lipinski definition) is 0. The first-order chi connectivity index (χ1) is 16.9. The lowest BCUT2D eigenvalue weighted by molar-refractivity contribution is -0.123. The van der Waals surface area contributed by atoms with E-state index in [0.717, 1.165) is 24.9 Å². The van der Waals surface area contributed by atoms with Crippen molar-refractivity contribution in [3.8, 4) is 11.4 Å². The van der Waals surface area contributed by atoms with E-state index in [1.165, 1.54) is 27.6 Å². The van der Waals surface area contributed by atoms with Crippen LogP contribution in [0.2, 0.25) is 0 Å². The van der Waals surface area contributed by atoms with Crippen LogP contribution in [-0.2, 0) is 21.2 Å². The van der Waals surface area contributed by atoms with Crippen LogP contribution in [0.25, 0.3) is 11.4 Å².